The second-order valence-electron chi connectivity index (χ2n) is 3.06. The Morgan fingerprint density at radius 1 is 0.895 bits per heavy atom. The molecule has 0 rings (SSSR count). The van der Waals surface area contributed by atoms with Crippen molar-refractivity contribution in [2.75, 3.05) is 13.3 Å². The summed E-state index contributed by atoms with van der Waals surface area (Å²) >= 11 is 0. The summed E-state index contributed by atoms with van der Waals surface area (Å²) in [5.41, 5.74) is 0. The normalized spacial score (nSPS) is 14.9. The maximum Gasteiger partial charge on any atom is 0.505 e. The second-order valence-corrected chi connectivity index (χ2v) is 4.20. The number of alkyl halides is 9. The van der Waals surface area contributed by atoms with E-state index in [1.807, 2.05) is 0 Å². The summed E-state index contributed by atoms with van der Waals surface area (Å²) in [5.74, 6) is -19.5. The van der Waals surface area contributed by atoms with Crippen LogP contribution in [0.3, 0.4) is 0 Å². The van der Waals surface area contributed by atoms with Crippen LogP contribution in [0.1, 0.15) is 7.43 Å². The van der Waals surface area contributed by atoms with Crippen molar-refractivity contribution < 1.29 is 48.6 Å². The molecule has 1 unspecified atom stereocenters. The minimum absolute atomic E-state index is 0. The van der Waals surface area contributed by atoms with Crippen LogP contribution < -0.4 is 0 Å². The van der Waals surface area contributed by atoms with E-state index in [9.17, 15) is 44.1 Å². The van der Waals surface area contributed by atoms with Gasteiger partial charge in [0.25, 0.3) is 0 Å². The molecule has 2 nitrogen and oxygen atoms in total. The van der Waals surface area contributed by atoms with Crippen molar-refractivity contribution in [2.24, 2.45) is 0 Å². The zero-order valence-electron chi connectivity index (χ0n) is 8.37. The zero-order chi connectivity index (χ0) is 15.0. The first-order valence-corrected chi connectivity index (χ1v) is 5.53. The highest BCUT2D eigenvalue weighted by Crippen LogP contribution is 2.53. The summed E-state index contributed by atoms with van der Waals surface area (Å²) in [6, 6.07) is 0. The molecule has 19 heavy (non-hydrogen) atoms. The summed E-state index contributed by atoms with van der Waals surface area (Å²) in [5, 5.41) is 0. The van der Waals surface area contributed by atoms with E-state index in [2.05, 4.69) is 4.52 Å². The predicted molar refractivity (Wildman–Crippen MR) is 47.1 cm³/mol. The highest BCUT2D eigenvalue weighted by atomic mass is 31.1. The fraction of sp³-hybridized carbons (Fsp3) is 1.00. The Morgan fingerprint density at radius 2 is 1.26 bits per heavy atom. The van der Waals surface area contributed by atoms with Gasteiger partial charge >= 0.3 is 32.0 Å². The largest absolute Gasteiger partial charge is 0.505 e. The first-order valence-electron chi connectivity index (χ1n) is 3.91. The summed E-state index contributed by atoms with van der Waals surface area (Å²) in [7, 11) is -2.87. The van der Waals surface area contributed by atoms with Crippen molar-refractivity contribution in [1.82, 2.24) is 0 Å². The maximum absolute atomic E-state index is 12.6. The SMILES string of the molecule is C.C[P+](=O)OCC(F)(F)C(F)(F)C(F)(F)C(F)(F)F. The fourth-order valence-corrected chi connectivity index (χ4v) is 1.01. The van der Waals surface area contributed by atoms with Gasteiger partial charge in [-0.25, -0.2) is 0 Å². The minimum Gasteiger partial charge on any atom is -0.197 e. The van der Waals surface area contributed by atoms with Gasteiger partial charge in [-0.1, -0.05) is 7.43 Å². The third-order valence-electron chi connectivity index (χ3n) is 1.64. The van der Waals surface area contributed by atoms with Crippen LogP contribution in [-0.4, -0.2) is 37.2 Å². The van der Waals surface area contributed by atoms with Crippen molar-refractivity contribution >= 4 is 8.03 Å². The molecule has 0 spiro atoms. The van der Waals surface area contributed by atoms with Crippen molar-refractivity contribution in [2.45, 2.75) is 31.4 Å². The van der Waals surface area contributed by atoms with Crippen LogP contribution in [0, 0.1) is 0 Å². The van der Waals surface area contributed by atoms with Gasteiger partial charge in [0.2, 0.25) is 0 Å². The van der Waals surface area contributed by atoms with Crippen molar-refractivity contribution in [3.05, 3.63) is 0 Å². The van der Waals surface area contributed by atoms with Gasteiger partial charge in [-0.15, -0.1) is 4.52 Å². The molecule has 0 radical (unpaired) electrons. The molecule has 0 saturated carbocycles. The molecule has 0 aromatic rings. The summed E-state index contributed by atoms with van der Waals surface area (Å²) in [6.07, 6.45) is -6.87. The molecule has 0 aromatic heterocycles. The summed E-state index contributed by atoms with van der Waals surface area (Å²) in [6.45, 7) is -1.90. The first-order chi connectivity index (χ1) is 7.67. The Bertz CT molecular complexity index is 325. The lowest BCUT2D eigenvalue weighted by molar-refractivity contribution is -0.398. The standard InChI is InChI=1S/C6H5F9O2P.CH4/c1-18(16)17-2-3(7,8)4(9,10)5(11,12)6(13,14)15;/h2H2,1H3;1H4/q+1;. The van der Waals surface area contributed by atoms with E-state index in [0.29, 0.717) is 6.66 Å². The summed E-state index contributed by atoms with van der Waals surface area (Å²) < 4.78 is 123. The smallest absolute Gasteiger partial charge is 0.197 e. The molecule has 0 aliphatic carbocycles. The highest BCUT2D eigenvalue weighted by Gasteiger charge is 2.82. The Hall–Kier alpha value is -0.570. The molecule has 0 aliphatic heterocycles. The molecule has 0 aliphatic rings. The van der Waals surface area contributed by atoms with Crippen molar-refractivity contribution in [3.8, 4) is 0 Å². The van der Waals surface area contributed by atoms with E-state index in [1.165, 1.54) is 0 Å². The van der Waals surface area contributed by atoms with E-state index >= 15 is 0 Å². The first kappa shape index (κ1) is 20.7. The Balaban J connectivity index is 0. The van der Waals surface area contributed by atoms with E-state index < -0.39 is 38.6 Å². The molecule has 0 bridgehead atoms. The van der Waals surface area contributed by atoms with Crippen LogP contribution in [-0.2, 0) is 9.09 Å². The highest BCUT2D eigenvalue weighted by molar-refractivity contribution is 7.38. The number of hydrogen-bond donors (Lipinski definition) is 0. The Kier molecular flexibility index (Phi) is 6.35. The lowest BCUT2D eigenvalue weighted by Crippen LogP contribution is -2.62. The molecular weight excluding hydrogens is 318 g/mol. The molecular formula is C7H9F9O2P+. The molecule has 0 fully saturated rings. The zero-order valence-corrected chi connectivity index (χ0v) is 9.27. The van der Waals surface area contributed by atoms with E-state index in [4.69, 9.17) is 0 Å². The molecule has 0 heterocycles. The van der Waals surface area contributed by atoms with Crippen LogP contribution in [0.25, 0.3) is 0 Å². The van der Waals surface area contributed by atoms with Crippen LogP contribution in [0.5, 0.6) is 0 Å². The maximum atomic E-state index is 12.6. The van der Waals surface area contributed by atoms with Gasteiger partial charge in [0.15, 0.2) is 13.3 Å². The van der Waals surface area contributed by atoms with Gasteiger partial charge in [-0.2, -0.15) is 39.5 Å². The average Bonchev–Trinajstić information content (AvgIpc) is 2.12. The van der Waals surface area contributed by atoms with Crippen LogP contribution in [0.4, 0.5) is 39.5 Å². The lowest BCUT2D eigenvalue weighted by atomic mass is 10.1. The molecule has 0 saturated heterocycles. The molecule has 1 atom stereocenters. The lowest BCUT2D eigenvalue weighted by Gasteiger charge is -2.32. The van der Waals surface area contributed by atoms with E-state index in [-0.39, 0.29) is 7.43 Å². The fourth-order valence-electron chi connectivity index (χ4n) is 0.670. The number of rotatable bonds is 5. The number of halogens is 9. The molecule has 12 heteroatoms. The topological polar surface area (TPSA) is 26.3 Å². The Labute approximate surface area is 102 Å². The minimum atomic E-state index is -6.95. The summed E-state index contributed by atoms with van der Waals surface area (Å²) in [4.78, 5) is 0. The average molecular weight is 327 g/mol. The van der Waals surface area contributed by atoms with Gasteiger partial charge in [-0.3, -0.25) is 0 Å². The van der Waals surface area contributed by atoms with Crippen molar-refractivity contribution in [3.63, 3.8) is 0 Å². The Morgan fingerprint density at radius 3 is 1.53 bits per heavy atom. The van der Waals surface area contributed by atoms with Gasteiger partial charge in [0, 0.05) is 0 Å². The third-order valence-corrected chi connectivity index (χ3v) is 2.13. The van der Waals surface area contributed by atoms with E-state index in [1.54, 1.807) is 0 Å². The molecule has 116 valence electrons. The van der Waals surface area contributed by atoms with Crippen LogP contribution >= 0.6 is 8.03 Å². The van der Waals surface area contributed by atoms with Gasteiger partial charge in [-0.05, 0) is 4.57 Å². The second kappa shape index (κ2) is 5.82. The van der Waals surface area contributed by atoms with Gasteiger partial charge in [0.05, 0.1) is 0 Å². The van der Waals surface area contributed by atoms with Crippen LogP contribution in [0.2, 0.25) is 0 Å². The van der Waals surface area contributed by atoms with Gasteiger partial charge < -0.3 is 0 Å². The quantitative estimate of drug-likeness (QED) is 0.550. The molecule has 0 N–H and O–H groups in total. The van der Waals surface area contributed by atoms with Crippen molar-refractivity contribution in [1.29, 1.82) is 0 Å². The molecule has 0 aromatic carbocycles. The molecule has 0 amide bonds. The van der Waals surface area contributed by atoms with E-state index in [0.717, 1.165) is 0 Å². The monoisotopic (exact) mass is 327 g/mol. The number of hydrogen-bond acceptors (Lipinski definition) is 2. The van der Waals surface area contributed by atoms with Crippen LogP contribution in [0.15, 0.2) is 0 Å². The predicted octanol–water partition coefficient (Wildman–Crippen LogP) is 4.48. The third kappa shape index (κ3) is 3.95. The van der Waals surface area contributed by atoms with Gasteiger partial charge in [0.1, 0.15) is 0 Å².